The molecule has 3 aromatic rings. The highest BCUT2D eigenvalue weighted by molar-refractivity contribution is 5.95. The van der Waals surface area contributed by atoms with Gasteiger partial charge in [-0.15, -0.1) is 0 Å². The SMILES string of the molecule is O=C(c1ccc(-n2cccn2)cc1)N1CC=C(c2ccccc2)CC1. The van der Waals surface area contributed by atoms with Crippen molar-refractivity contribution in [3.8, 4) is 5.69 Å². The van der Waals surface area contributed by atoms with Gasteiger partial charge in [-0.1, -0.05) is 36.4 Å². The highest BCUT2D eigenvalue weighted by Gasteiger charge is 2.19. The number of carbonyl (C=O) groups is 1. The van der Waals surface area contributed by atoms with Crippen LogP contribution in [0.15, 0.2) is 79.1 Å². The van der Waals surface area contributed by atoms with Crippen LogP contribution in [0.25, 0.3) is 11.3 Å². The van der Waals surface area contributed by atoms with E-state index in [1.54, 1.807) is 10.9 Å². The topological polar surface area (TPSA) is 38.1 Å². The predicted octanol–water partition coefficient (Wildman–Crippen LogP) is 3.80. The van der Waals surface area contributed by atoms with Crippen molar-refractivity contribution >= 4 is 11.5 Å². The van der Waals surface area contributed by atoms with Crippen LogP contribution in [0.4, 0.5) is 0 Å². The molecule has 1 aromatic heterocycles. The average Bonchev–Trinajstić information content (AvgIpc) is 3.23. The molecule has 0 aliphatic carbocycles. The summed E-state index contributed by atoms with van der Waals surface area (Å²) in [5.41, 5.74) is 4.23. The number of nitrogens with zero attached hydrogens (tertiary/aromatic N) is 3. The summed E-state index contributed by atoms with van der Waals surface area (Å²) in [7, 11) is 0. The van der Waals surface area contributed by atoms with Gasteiger partial charge in [-0.2, -0.15) is 5.10 Å². The lowest BCUT2D eigenvalue weighted by Crippen LogP contribution is -2.34. The van der Waals surface area contributed by atoms with Crippen LogP contribution < -0.4 is 0 Å². The molecule has 1 aliphatic heterocycles. The molecular weight excluding hydrogens is 310 g/mol. The van der Waals surface area contributed by atoms with Crippen molar-refractivity contribution in [1.82, 2.24) is 14.7 Å². The Bertz CT molecular complexity index is 881. The van der Waals surface area contributed by atoms with Crippen LogP contribution in [0.2, 0.25) is 0 Å². The molecule has 4 rings (SSSR count). The van der Waals surface area contributed by atoms with Gasteiger partial charge >= 0.3 is 0 Å². The third-order valence-corrected chi connectivity index (χ3v) is 4.52. The normalized spacial score (nSPS) is 14.2. The maximum absolute atomic E-state index is 12.7. The van der Waals surface area contributed by atoms with Gasteiger partial charge in [0.25, 0.3) is 5.91 Å². The van der Waals surface area contributed by atoms with Crippen molar-refractivity contribution in [3.63, 3.8) is 0 Å². The number of carbonyl (C=O) groups excluding carboxylic acids is 1. The van der Waals surface area contributed by atoms with Crippen molar-refractivity contribution in [1.29, 1.82) is 0 Å². The number of rotatable bonds is 3. The van der Waals surface area contributed by atoms with Gasteiger partial charge in [-0.25, -0.2) is 4.68 Å². The maximum Gasteiger partial charge on any atom is 0.254 e. The van der Waals surface area contributed by atoms with E-state index >= 15 is 0 Å². The molecule has 0 atom stereocenters. The summed E-state index contributed by atoms with van der Waals surface area (Å²) in [5.74, 6) is 0.0791. The summed E-state index contributed by atoms with van der Waals surface area (Å²) in [5, 5.41) is 4.20. The molecule has 2 aromatic carbocycles. The zero-order valence-corrected chi connectivity index (χ0v) is 13.9. The van der Waals surface area contributed by atoms with Gasteiger partial charge in [-0.05, 0) is 47.9 Å². The molecule has 1 aliphatic rings. The van der Waals surface area contributed by atoms with E-state index in [0.717, 1.165) is 18.7 Å². The van der Waals surface area contributed by atoms with Crippen LogP contribution in [0.1, 0.15) is 22.3 Å². The summed E-state index contributed by atoms with van der Waals surface area (Å²) in [6.45, 7) is 1.41. The minimum Gasteiger partial charge on any atom is -0.335 e. The molecule has 0 saturated carbocycles. The summed E-state index contributed by atoms with van der Waals surface area (Å²) >= 11 is 0. The molecule has 0 saturated heterocycles. The Hall–Kier alpha value is -3.14. The highest BCUT2D eigenvalue weighted by atomic mass is 16.2. The number of hydrogen-bond acceptors (Lipinski definition) is 2. The lowest BCUT2D eigenvalue weighted by atomic mass is 9.99. The number of hydrogen-bond donors (Lipinski definition) is 0. The zero-order valence-electron chi connectivity index (χ0n) is 13.9. The van der Waals surface area contributed by atoms with Gasteiger partial charge in [0.1, 0.15) is 0 Å². The molecular formula is C21H19N3O. The molecule has 0 radical (unpaired) electrons. The Balaban J connectivity index is 1.46. The van der Waals surface area contributed by atoms with E-state index in [1.807, 2.05) is 47.5 Å². The number of aromatic nitrogens is 2. The minimum atomic E-state index is 0.0791. The minimum absolute atomic E-state index is 0.0791. The second-order valence-electron chi connectivity index (χ2n) is 6.09. The van der Waals surface area contributed by atoms with Gasteiger partial charge in [0.05, 0.1) is 5.69 Å². The number of benzene rings is 2. The summed E-state index contributed by atoms with van der Waals surface area (Å²) in [6.07, 6.45) is 6.68. The first-order valence-corrected chi connectivity index (χ1v) is 8.45. The lowest BCUT2D eigenvalue weighted by molar-refractivity contribution is 0.0773. The molecule has 25 heavy (non-hydrogen) atoms. The largest absolute Gasteiger partial charge is 0.335 e. The van der Waals surface area contributed by atoms with Crippen LogP contribution in [0, 0.1) is 0 Å². The van der Waals surface area contributed by atoms with E-state index in [-0.39, 0.29) is 5.91 Å². The fourth-order valence-corrected chi connectivity index (χ4v) is 3.13. The average molecular weight is 329 g/mol. The summed E-state index contributed by atoms with van der Waals surface area (Å²) < 4.78 is 1.78. The van der Waals surface area contributed by atoms with Crippen LogP contribution in [-0.2, 0) is 0 Å². The molecule has 124 valence electrons. The van der Waals surface area contributed by atoms with E-state index in [2.05, 4.69) is 35.4 Å². The quantitative estimate of drug-likeness (QED) is 0.733. The van der Waals surface area contributed by atoms with Crippen molar-refractivity contribution in [2.45, 2.75) is 6.42 Å². The second-order valence-corrected chi connectivity index (χ2v) is 6.09. The Morgan fingerprint density at radius 2 is 1.76 bits per heavy atom. The molecule has 2 heterocycles. The zero-order chi connectivity index (χ0) is 17.1. The van der Waals surface area contributed by atoms with E-state index in [4.69, 9.17) is 0 Å². The van der Waals surface area contributed by atoms with Gasteiger partial charge in [0.15, 0.2) is 0 Å². The molecule has 4 heteroatoms. The first kappa shape index (κ1) is 15.4. The standard InChI is InChI=1S/C21H19N3O/c25-21(19-7-9-20(10-8-19)24-14-4-13-22-24)23-15-11-18(12-16-23)17-5-2-1-3-6-17/h1-11,13-14H,12,15-16H2. The Morgan fingerprint density at radius 3 is 2.40 bits per heavy atom. The Labute approximate surface area is 147 Å². The monoisotopic (exact) mass is 329 g/mol. The highest BCUT2D eigenvalue weighted by Crippen LogP contribution is 2.23. The van der Waals surface area contributed by atoms with Crippen molar-refractivity contribution in [2.24, 2.45) is 0 Å². The van der Waals surface area contributed by atoms with Gasteiger partial charge in [0, 0.05) is 31.0 Å². The predicted molar refractivity (Wildman–Crippen MR) is 98.5 cm³/mol. The van der Waals surface area contributed by atoms with Gasteiger partial charge in [0.2, 0.25) is 0 Å². The molecule has 0 N–H and O–H groups in total. The summed E-state index contributed by atoms with van der Waals surface area (Å²) in [4.78, 5) is 14.6. The fourth-order valence-electron chi connectivity index (χ4n) is 3.13. The van der Waals surface area contributed by atoms with Crippen LogP contribution in [-0.4, -0.2) is 33.7 Å². The third kappa shape index (κ3) is 3.24. The molecule has 1 amide bonds. The van der Waals surface area contributed by atoms with E-state index in [1.165, 1.54) is 11.1 Å². The molecule has 0 bridgehead atoms. The Morgan fingerprint density at radius 1 is 0.960 bits per heavy atom. The molecule has 0 unspecified atom stereocenters. The molecule has 4 nitrogen and oxygen atoms in total. The lowest BCUT2D eigenvalue weighted by Gasteiger charge is -2.27. The number of amides is 1. The molecule has 0 spiro atoms. The smallest absolute Gasteiger partial charge is 0.254 e. The fraction of sp³-hybridized carbons (Fsp3) is 0.143. The van der Waals surface area contributed by atoms with Crippen molar-refractivity contribution < 1.29 is 4.79 Å². The first-order valence-electron chi connectivity index (χ1n) is 8.45. The van der Waals surface area contributed by atoms with Crippen LogP contribution in [0.5, 0.6) is 0 Å². The van der Waals surface area contributed by atoms with E-state index in [0.29, 0.717) is 12.1 Å². The second kappa shape index (κ2) is 6.77. The van der Waals surface area contributed by atoms with Gasteiger partial charge < -0.3 is 4.90 Å². The van der Waals surface area contributed by atoms with Crippen LogP contribution in [0.3, 0.4) is 0 Å². The van der Waals surface area contributed by atoms with Crippen LogP contribution >= 0.6 is 0 Å². The Kier molecular flexibility index (Phi) is 4.17. The first-order chi connectivity index (χ1) is 12.3. The third-order valence-electron chi connectivity index (χ3n) is 4.52. The van der Waals surface area contributed by atoms with Gasteiger partial charge in [-0.3, -0.25) is 4.79 Å². The summed E-state index contributed by atoms with van der Waals surface area (Å²) in [6, 6.07) is 19.8. The van der Waals surface area contributed by atoms with Crippen molar-refractivity contribution in [2.75, 3.05) is 13.1 Å². The molecule has 0 fully saturated rings. The van der Waals surface area contributed by atoms with E-state index in [9.17, 15) is 4.79 Å². The van der Waals surface area contributed by atoms with E-state index < -0.39 is 0 Å². The maximum atomic E-state index is 12.7. The van der Waals surface area contributed by atoms with Crippen molar-refractivity contribution in [3.05, 3.63) is 90.3 Å².